The molecule has 0 aliphatic heterocycles. The molecule has 3 aromatic rings. The lowest BCUT2D eigenvalue weighted by atomic mass is 10.0. The lowest BCUT2D eigenvalue weighted by molar-refractivity contribution is -0.385. The van der Waals surface area contributed by atoms with E-state index in [4.69, 9.17) is 0 Å². The predicted octanol–water partition coefficient (Wildman–Crippen LogP) is 2.34. The molecule has 0 spiro atoms. The van der Waals surface area contributed by atoms with E-state index >= 15 is 0 Å². The number of carbonyl (C=O) groups is 2. The van der Waals surface area contributed by atoms with Gasteiger partial charge >= 0.3 is 5.97 Å². The molecule has 3 aromatic carbocycles. The highest BCUT2D eigenvalue weighted by Gasteiger charge is 2.30. The molecule has 0 saturated heterocycles. The number of carboxylic acid groups (broad SMARTS) is 1. The summed E-state index contributed by atoms with van der Waals surface area (Å²) < 4.78 is 41.4. The van der Waals surface area contributed by atoms with Crippen LogP contribution in [0.1, 0.15) is 11.1 Å². The summed E-state index contributed by atoms with van der Waals surface area (Å²) in [6, 6.07) is 10.6. The second-order valence-corrected chi connectivity index (χ2v) is 10.00. The van der Waals surface area contributed by atoms with Crippen molar-refractivity contribution < 1.29 is 37.4 Å². The van der Waals surface area contributed by atoms with Crippen molar-refractivity contribution >= 4 is 33.3 Å². The molecule has 0 unspecified atom stereocenters. The van der Waals surface area contributed by atoms with Gasteiger partial charge in [-0.15, -0.1) is 0 Å². The number of benzene rings is 3. The fraction of sp³-hybridized carbons (Fsp3) is 0.167. The number of sulfonamides is 1. The van der Waals surface area contributed by atoms with Gasteiger partial charge in [0.05, 0.1) is 14.7 Å². The van der Waals surface area contributed by atoms with Crippen LogP contribution in [0.4, 0.5) is 15.8 Å². The summed E-state index contributed by atoms with van der Waals surface area (Å²) in [7, 11) is -4.44. The Hall–Kier alpha value is -4.76. The Bertz CT molecular complexity index is 1480. The zero-order valence-electron chi connectivity index (χ0n) is 19.9. The van der Waals surface area contributed by atoms with Gasteiger partial charge in [-0.1, -0.05) is 24.3 Å². The number of hydrogen-bond donors (Lipinski definition) is 3. The maximum Gasteiger partial charge on any atom is 0.326 e. The zero-order chi connectivity index (χ0) is 28.7. The molecule has 0 aliphatic rings. The highest BCUT2D eigenvalue weighted by atomic mass is 32.2. The molecule has 3 N–H and O–H groups in total. The lowest BCUT2D eigenvalue weighted by Gasteiger charge is -2.22. The molecule has 0 aromatic heterocycles. The Labute approximate surface area is 220 Å². The number of non-ortho nitro benzene ring substituents is 2. The Morgan fingerprint density at radius 1 is 0.795 bits per heavy atom. The van der Waals surface area contributed by atoms with Crippen molar-refractivity contribution in [2.45, 2.75) is 29.8 Å². The predicted molar refractivity (Wildman–Crippen MR) is 134 cm³/mol. The van der Waals surface area contributed by atoms with Crippen LogP contribution >= 0.6 is 0 Å². The number of nitrogens with one attached hydrogen (secondary N) is 2. The molecular formula is C24H21FN4O9S. The van der Waals surface area contributed by atoms with Gasteiger partial charge in [0, 0.05) is 30.7 Å². The van der Waals surface area contributed by atoms with Crippen LogP contribution in [0.15, 0.2) is 77.7 Å². The van der Waals surface area contributed by atoms with Crippen LogP contribution in [0, 0.1) is 26.0 Å². The van der Waals surface area contributed by atoms with Crippen molar-refractivity contribution in [1.82, 2.24) is 10.0 Å². The molecule has 204 valence electrons. The van der Waals surface area contributed by atoms with Crippen LogP contribution in [-0.2, 0) is 32.5 Å². The molecule has 2 atom stereocenters. The van der Waals surface area contributed by atoms with Gasteiger partial charge in [0.2, 0.25) is 15.9 Å². The molecule has 13 nitrogen and oxygen atoms in total. The first-order valence-electron chi connectivity index (χ1n) is 11.1. The number of carboxylic acids is 1. The monoisotopic (exact) mass is 560 g/mol. The van der Waals surface area contributed by atoms with E-state index in [0.29, 0.717) is 11.1 Å². The van der Waals surface area contributed by atoms with Crippen molar-refractivity contribution in [2.75, 3.05) is 0 Å². The third-order valence-electron chi connectivity index (χ3n) is 5.53. The quantitative estimate of drug-likeness (QED) is 0.220. The normalized spacial score (nSPS) is 12.7. The Morgan fingerprint density at radius 2 is 1.23 bits per heavy atom. The van der Waals surface area contributed by atoms with Crippen LogP contribution in [0.3, 0.4) is 0 Å². The van der Waals surface area contributed by atoms with Gasteiger partial charge in [0.25, 0.3) is 11.4 Å². The molecule has 0 bridgehead atoms. The number of carbonyl (C=O) groups excluding carboxylic acids is 1. The van der Waals surface area contributed by atoms with E-state index in [1.807, 2.05) is 0 Å². The summed E-state index contributed by atoms with van der Waals surface area (Å²) in [5, 5.41) is 33.7. The Balaban J connectivity index is 1.88. The molecule has 0 saturated carbocycles. The van der Waals surface area contributed by atoms with Crippen LogP contribution in [0.25, 0.3) is 0 Å². The van der Waals surface area contributed by atoms with Crippen molar-refractivity contribution in [1.29, 1.82) is 0 Å². The third kappa shape index (κ3) is 7.86. The van der Waals surface area contributed by atoms with E-state index in [9.17, 15) is 47.7 Å². The van der Waals surface area contributed by atoms with Crippen LogP contribution in [-0.4, -0.2) is 47.3 Å². The number of amides is 1. The molecule has 1 amide bonds. The molecule has 0 fully saturated rings. The van der Waals surface area contributed by atoms with Gasteiger partial charge in [0.15, 0.2) is 0 Å². The van der Waals surface area contributed by atoms with Crippen molar-refractivity contribution in [3.05, 3.63) is 110 Å². The maximum atomic E-state index is 13.2. The number of nitro groups is 2. The first-order valence-corrected chi connectivity index (χ1v) is 12.6. The van der Waals surface area contributed by atoms with Crippen molar-refractivity contribution in [3.63, 3.8) is 0 Å². The summed E-state index contributed by atoms with van der Waals surface area (Å²) in [5.74, 6) is -2.99. The third-order valence-corrected chi connectivity index (χ3v) is 7.01. The summed E-state index contributed by atoms with van der Waals surface area (Å²) in [6.45, 7) is 0. The fourth-order valence-electron chi connectivity index (χ4n) is 3.51. The average Bonchev–Trinajstić information content (AvgIpc) is 2.89. The molecule has 15 heteroatoms. The number of aliphatic carboxylic acids is 1. The number of nitro benzene ring substituents is 2. The molecular weight excluding hydrogens is 539 g/mol. The van der Waals surface area contributed by atoms with Gasteiger partial charge in [-0.3, -0.25) is 25.0 Å². The second kappa shape index (κ2) is 12.2. The number of rotatable bonds is 12. The minimum atomic E-state index is -4.44. The average molecular weight is 561 g/mol. The number of nitrogens with zero attached hydrogens (tertiary/aromatic N) is 2. The van der Waals surface area contributed by atoms with E-state index < -0.39 is 54.5 Å². The van der Waals surface area contributed by atoms with Gasteiger partial charge in [0.1, 0.15) is 17.9 Å². The number of halogens is 1. The standard InChI is InChI=1S/C24H21FN4O9S/c25-17-5-1-15(2-6-17)14-22(24(31)32)26-23(30)21(13-16-3-7-18(8-4-16)28(33)34)27-39(37,38)20-11-9-19(10-12-20)29(35)36/h1-12,21-22,27H,13-14H2,(H,26,30)(H,31,32)/t21-,22-/m0/s1. The first-order chi connectivity index (χ1) is 18.4. The fourth-order valence-corrected chi connectivity index (χ4v) is 4.70. The van der Waals surface area contributed by atoms with Gasteiger partial charge in [-0.2, -0.15) is 4.72 Å². The topological polar surface area (TPSA) is 199 Å². The van der Waals surface area contributed by atoms with Crippen molar-refractivity contribution in [3.8, 4) is 0 Å². The van der Waals surface area contributed by atoms with E-state index in [1.165, 1.54) is 24.3 Å². The van der Waals surface area contributed by atoms with Crippen molar-refractivity contribution in [2.24, 2.45) is 0 Å². The van der Waals surface area contributed by atoms with E-state index in [1.54, 1.807) is 0 Å². The smallest absolute Gasteiger partial charge is 0.326 e. The highest BCUT2D eigenvalue weighted by molar-refractivity contribution is 7.89. The highest BCUT2D eigenvalue weighted by Crippen LogP contribution is 2.18. The molecule has 0 radical (unpaired) electrons. The van der Waals surface area contributed by atoms with Gasteiger partial charge in [-0.05, 0) is 41.8 Å². The molecule has 0 heterocycles. The maximum absolute atomic E-state index is 13.2. The summed E-state index contributed by atoms with van der Waals surface area (Å²) in [5.41, 5.74) is 0.107. The van der Waals surface area contributed by atoms with E-state index in [2.05, 4.69) is 10.0 Å². The van der Waals surface area contributed by atoms with Crippen LogP contribution in [0.5, 0.6) is 0 Å². The van der Waals surface area contributed by atoms with E-state index in [0.717, 1.165) is 48.5 Å². The zero-order valence-corrected chi connectivity index (χ0v) is 20.7. The number of hydrogen-bond acceptors (Lipinski definition) is 8. The Kier molecular flexibility index (Phi) is 9.00. The summed E-state index contributed by atoms with van der Waals surface area (Å²) >= 11 is 0. The first kappa shape index (κ1) is 28.8. The minimum absolute atomic E-state index is 0.235. The molecule has 0 aliphatic carbocycles. The SMILES string of the molecule is O=C(O)[C@H](Cc1ccc(F)cc1)NC(=O)[C@H](Cc1ccc([N+](=O)[O-])cc1)NS(=O)(=O)c1ccc([N+](=O)[O-])cc1. The summed E-state index contributed by atoms with van der Waals surface area (Å²) in [6.07, 6.45) is -0.556. The molecule has 3 rings (SSSR count). The van der Waals surface area contributed by atoms with Gasteiger partial charge in [-0.25, -0.2) is 17.6 Å². The second-order valence-electron chi connectivity index (χ2n) is 8.28. The largest absolute Gasteiger partial charge is 0.480 e. The summed E-state index contributed by atoms with van der Waals surface area (Å²) in [4.78, 5) is 45.1. The van der Waals surface area contributed by atoms with E-state index in [-0.39, 0.29) is 24.2 Å². The van der Waals surface area contributed by atoms with Gasteiger partial charge < -0.3 is 10.4 Å². The lowest BCUT2D eigenvalue weighted by Crippen LogP contribution is -2.53. The van der Waals surface area contributed by atoms with Crippen LogP contribution in [0.2, 0.25) is 0 Å². The van der Waals surface area contributed by atoms with Crippen LogP contribution < -0.4 is 10.0 Å². The Morgan fingerprint density at radius 3 is 1.69 bits per heavy atom. The minimum Gasteiger partial charge on any atom is -0.480 e. The molecule has 39 heavy (non-hydrogen) atoms.